The average Bonchev–Trinajstić information content (AvgIpc) is 2.79. The monoisotopic (exact) mass is 475 g/mol. The second-order valence-corrected chi connectivity index (χ2v) is 10.8. The molecule has 2 N–H and O–H groups in total. The molecule has 0 aromatic heterocycles. The number of carbonyl (C=O) groups excluding carboxylic acids is 2. The maximum Gasteiger partial charge on any atom is 0.228 e. The molecule has 138 valence electrons. The van der Waals surface area contributed by atoms with E-state index in [0.717, 1.165) is 0 Å². The lowest BCUT2D eigenvalue weighted by Gasteiger charge is -2.35. The van der Waals surface area contributed by atoms with Crippen LogP contribution in [0, 0.1) is 0 Å². The molecule has 1 aliphatic heterocycles. The van der Waals surface area contributed by atoms with Crippen LogP contribution in [0.2, 0.25) is 0 Å². The molecule has 1 fully saturated rings. The van der Waals surface area contributed by atoms with Gasteiger partial charge in [0.2, 0.25) is 19.4 Å². The maximum absolute atomic E-state index is 11.4. The number of thioether (sulfide) groups is 1. The standard InChI is InChI=1S/C12H15Cl6N3O2S/c1-6(22)19-8(11(13,14)15)5-9-21(3-4-24-9)10(12(16,17)18)20-7(2)23/h5,8,10H,3-4H2,1-2H3,(H,19,22)(H,20,23)/b9-5-. The third-order valence-electron chi connectivity index (χ3n) is 2.85. The highest BCUT2D eigenvalue weighted by atomic mass is 35.6. The predicted molar refractivity (Wildman–Crippen MR) is 103 cm³/mol. The van der Waals surface area contributed by atoms with Crippen LogP contribution >= 0.6 is 81.4 Å². The fraction of sp³-hybridized carbons (Fsp3) is 0.667. The normalized spacial score (nSPS) is 20.0. The molecular weight excluding hydrogens is 463 g/mol. The smallest absolute Gasteiger partial charge is 0.228 e. The van der Waals surface area contributed by atoms with E-state index < -0.39 is 19.8 Å². The first-order valence-electron chi connectivity index (χ1n) is 6.61. The molecule has 2 unspecified atom stereocenters. The minimum atomic E-state index is -1.78. The van der Waals surface area contributed by atoms with Gasteiger partial charge in [-0.1, -0.05) is 69.6 Å². The van der Waals surface area contributed by atoms with E-state index in [-0.39, 0.29) is 11.8 Å². The van der Waals surface area contributed by atoms with Crippen LogP contribution in [0.1, 0.15) is 13.8 Å². The Labute approximate surface area is 174 Å². The largest absolute Gasteiger partial charge is 0.346 e. The quantitative estimate of drug-likeness (QED) is 0.607. The third-order valence-corrected chi connectivity index (χ3v) is 5.23. The van der Waals surface area contributed by atoms with Crippen molar-refractivity contribution in [1.29, 1.82) is 0 Å². The number of carbonyl (C=O) groups is 2. The van der Waals surface area contributed by atoms with Crippen molar-refractivity contribution < 1.29 is 9.59 Å². The summed E-state index contributed by atoms with van der Waals surface area (Å²) in [6.07, 6.45) is 0.659. The second kappa shape index (κ2) is 8.98. The summed E-state index contributed by atoms with van der Waals surface area (Å²) in [6.45, 7) is 3.13. The van der Waals surface area contributed by atoms with Gasteiger partial charge in [0.25, 0.3) is 0 Å². The first kappa shape index (κ1) is 22.6. The number of nitrogens with zero attached hydrogens (tertiary/aromatic N) is 1. The minimum Gasteiger partial charge on any atom is -0.346 e. The van der Waals surface area contributed by atoms with E-state index in [1.165, 1.54) is 25.6 Å². The van der Waals surface area contributed by atoms with E-state index in [1.807, 2.05) is 0 Å². The number of hydrogen-bond acceptors (Lipinski definition) is 4. The van der Waals surface area contributed by atoms with Gasteiger partial charge in [-0.2, -0.15) is 0 Å². The van der Waals surface area contributed by atoms with Gasteiger partial charge >= 0.3 is 0 Å². The van der Waals surface area contributed by atoms with Gasteiger partial charge in [0.05, 0.1) is 11.1 Å². The van der Waals surface area contributed by atoms with Crippen molar-refractivity contribution in [3.63, 3.8) is 0 Å². The maximum atomic E-state index is 11.4. The van der Waals surface area contributed by atoms with Gasteiger partial charge < -0.3 is 15.5 Å². The number of alkyl halides is 6. The molecule has 5 nitrogen and oxygen atoms in total. The Morgan fingerprint density at radius 2 is 1.62 bits per heavy atom. The summed E-state index contributed by atoms with van der Waals surface area (Å²) < 4.78 is -3.55. The van der Waals surface area contributed by atoms with Gasteiger partial charge in [0.1, 0.15) is 6.17 Å². The van der Waals surface area contributed by atoms with Crippen LogP contribution in [0.4, 0.5) is 0 Å². The summed E-state index contributed by atoms with van der Waals surface area (Å²) in [7, 11) is 0. The average molecular weight is 478 g/mol. The van der Waals surface area contributed by atoms with Crippen LogP contribution in [0.15, 0.2) is 11.1 Å². The molecule has 0 spiro atoms. The van der Waals surface area contributed by atoms with Gasteiger partial charge in [0.15, 0.2) is 0 Å². The highest BCUT2D eigenvalue weighted by molar-refractivity contribution is 8.03. The molecule has 1 heterocycles. The van der Waals surface area contributed by atoms with Crippen molar-refractivity contribution >= 4 is 93.2 Å². The van der Waals surface area contributed by atoms with E-state index in [0.29, 0.717) is 17.3 Å². The number of amides is 2. The number of hydrogen-bond donors (Lipinski definition) is 2. The van der Waals surface area contributed by atoms with Crippen LogP contribution in [-0.2, 0) is 9.59 Å². The fourth-order valence-corrected chi connectivity index (χ4v) is 3.91. The summed E-state index contributed by atoms with van der Waals surface area (Å²) in [4.78, 5) is 24.5. The third kappa shape index (κ3) is 7.06. The highest BCUT2D eigenvalue weighted by Crippen LogP contribution is 2.40. The van der Waals surface area contributed by atoms with Crippen LogP contribution in [0.5, 0.6) is 0 Å². The van der Waals surface area contributed by atoms with Crippen molar-refractivity contribution in [3.8, 4) is 0 Å². The van der Waals surface area contributed by atoms with Crippen molar-refractivity contribution in [3.05, 3.63) is 11.1 Å². The lowest BCUT2D eigenvalue weighted by molar-refractivity contribution is -0.120. The molecule has 0 bridgehead atoms. The summed E-state index contributed by atoms with van der Waals surface area (Å²) in [5.74, 6) is -0.0464. The first-order valence-corrected chi connectivity index (χ1v) is 9.86. The topological polar surface area (TPSA) is 61.4 Å². The minimum absolute atomic E-state index is 0.359. The molecule has 0 aromatic carbocycles. The summed E-state index contributed by atoms with van der Waals surface area (Å²) in [5.41, 5.74) is 0. The van der Waals surface area contributed by atoms with Crippen LogP contribution in [-0.4, -0.2) is 48.8 Å². The van der Waals surface area contributed by atoms with E-state index >= 15 is 0 Å². The Kier molecular flexibility index (Phi) is 8.46. The Bertz CT molecular complexity index is 520. The Balaban J connectivity index is 3.15. The van der Waals surface area contributed by atoms with Gasteiger partial charge in [-0.15, -0.1) is 11.8 Å². The van der Waals surface area contributed by atoms with Crippen molar-refractivity contribution in [1.82, 2.24) is 15.5 Å². The summed E-state index contributed by atoms with van der Waals surface area (Å²) in [6, 6.07) is -0.892. The van der Waals surface area contributed by atoms with Crippen LogP contribution < -0.4 is 10.6 Å². The van der Waals surface area contributed by atoms with Crippen LogP contribution in [0.25, 0.3) is 0 Å². The van der Waals surface area contributed by atoms with Crippen molar-refractivity contribution in [2.24, 2.45) is 0 Å². The van der Waals surface area contributed by atoms with E-state index in [9.17, 15) is 9.59 Å². The van der Waals surface area contributed by atoms with E-state index in [4.69, 9.17) is 69.6 Å². The number of halogens is 6. The fourth-order valence-electron chi connectivity index (χ4n) is 1.95. The molecule has 0 radical (unpaired) electrons. The van der Waals surface area contributed by atoms with Crippen molar-refractivity contribution in [2.45, 2.75) is 33.6 Å². The SMILES string of the molecule is CC(=O)NC(/C=C1\SCCN1C(NC(C)=O)C(Cl)(Cl)Cl)C(Cl)(Cl)Cl. The molecule has 2 amide bonds. The Morgan fingerprint density at radius 3 is 2.04 bits per heavy atom. The van der Waals surface area contributed by atoms with Gasteiger partial charge in [-0.25, -0.2) is 0 Å². The molecule has 0 saturated carbocycles. The molecule has 1 rings (SSSR count). The number of nitrogens with one attached hydrogen (secondary N) is 2. The molecular formula is C12H15Cl6N3O2S. The molecule has 1 aliphatic rings. The highest BCUT2D eigenvalue weighted by Gasteiger charge is 2.42. The lowest BCUT2D eigenvalue weighted by atomic mass is 10.3. The summed E-state index contributed by atoms with van der Waals surface area (Å²) in [5, 5.41) is 5.76. The zero-order chi connectivity index (χ0) is 18.7. The molecule has 12 heteroatoms. The molecule has 0 aliphatic carbocycles. The lowest BCUT2D eigenvalue weighted by Crippen LogP contribution is -2.53. The first-order chi connectivity index (χ1) is 10.8. The summed E-state index contributed by atoms with van der Waals surface area (Å²) >= 11 is 37.2. The molecule has 2 atom stereocenters. The predicted octanol–water partition coefficient (Wildman–Crippen LogP) is 3.58. The second-order valence-electron chi connectivity index (χ2n) is 4.91. The molecule has 1 saturated heterocycles. The zero-order valence-electron chi connectivity index (χ0n) is 12.6. The van der Waals surface area contributed by atoms with Gasteiger partial charge in [-0.05, 0) is 6.08 Å². The van der Waals surface area contributed by atoms with Gasteiger partial charge in [-0.3, -0.25) is 9.59 Å². The Morgan fingerprint density at radius 1 is 1.08 bits per heavy atom. The molecule has 0 aromatic rings. The van der Waals surface area contributed by atoms with E-state index in [2.05, 4.69) is 10.6 Å². The zero-order valence-corrected chi connectivity index (χ0v) is 17.9. The molecule has 24 heavy (non-hydrogen) atoms. The van der Waals surface area contributed by atoms with Crippen LogP contribution in [0.3, 0.4) is 0 Å². The van der Waals surface area contributed by atoms with Crippen molar-refractivity contribution in [2.75, 3.05) is 12.3 Å². The van der Waals surface area contributed by atoms with E-state index in [1.54, 1.807) is 11.0 Å². The Hall–Kier alpha value is 0.570. The number of rotatable bonds is 4. The van der Waals surface area contributed by atoms with Gasteiger partial charge in [0, 0.05) is 26.1 Å².